The number of hydrazine groups is 1. The molecule has 0 atom stereocenters. The summed E-state index contributed by atoms with van der Waals surface area (Å²) in [6.07, 6.45) is 1.62. The van der Waals surface area contributed by atoms with Crippen LogP contribution in [-0.2, 0) is 17.9 Å². The number of nitrogens with one attached hydrogen (secondary N) is 2. The monoisotopic (exact) mass is 486 g/mol. The summed E-state index contributed by atoms with van der Waals surface area (Å²) in [4.78, 5) is 34.3. The maximum Gasteiger partial charge on any atom is 0.269 e. The van der Waals surface area contributed by atoms with Crippen molar-refractivity contribution in [1.82, 2.24) is 25.6 Å². The van der Waals surface area contributed by atoms with Crippen LogP contribution in [-0.4, -0.2) is 37.3 Å². The number of non-ortho nitro benzene ring substituents is 1. The van der Waals surface area contributed by atoms with Gasteiger partial charge in [0.15, 0.2) is 22.5 Å². The third kappa shape index (κ3) is 6.38. The number of benzene rings is 2. The molecule has 11 nitrogen and oxygen atoms in total. The van der Waals surface area contributed by atoms with Gasteiger partial charge >= 0.3 is 0 Å². The number of allylic oxidation sites excluding steroid dienone is 1. The number of thioether (sulfide) groups is 1. The Bertz CT molecular complexity index is 1200. The molecule has 0 saturated carbocycles. The van der Waals surface area contributed by atoms with Crippen LogP contribution in [0, 0.1) is 15.9 Å². The van der Waals surface area contributed by atoms with Crippen molar-refractivity contribution >= 4 is 29.3 Å². The fourth-order valence-corrected chi connectivity index (χ4v) is 3.42. The van der Waals surface area contributed by atoms with Crippen LogP contribution in [0.3, 0.4) is 0 Å². The molecule has 0 bridgehead atoms. The molecule has 0 saturated heterocycles. The molecule has 0 fully saturated rings. The van der Waals surface area contributed by atoms with E-state index in [9.17, 15) is 24.1 Å². The minimum Gasteiger partial charge on any atom is -0.483 e. The number of amides is 2. The van der Waals surface area contributed by atoms with E-state index in [4.69, 9.17) is 4.74 Å². The molecule has 2 amide bonds. The Morgan fingerprint density at radius 3 is 2.59 bits per heavy atom. The minimum atomic E-state index is -0.629. The molecule has 3 rings (SSSR count). The zero-order chi connectivity index (χ0) is 24.5. The Kier molecular flexibility index (Phi) is 8.29. The van der Waals surface area contributed by atoms with Gasteiger partial charge in [-0.3, -0.25) is 35.1 Å². The maximum atomic E-state index is 13.8. The summed E-state index contributed by atoms with van der Waals surface area (Å²) in [5.41, 5.74) is 4.49. The maximum absolute atomic E-state index is 13.8. The molecule has 34 heavy (non-hydrogen) atoms. The van der Waals surface area contributed by atoms with Gasteiger partial charge in [-0.25, -0.2) is 4.39 Å². The zero-order valence-corrected chi connectivity index (χ0v) is 18.5. The highest BCUT2D eigenvalue weighted by Gasteiger charge is 2.16. The predicted octanol–water partition coefficient (Wildman–Crippen LogP) is 2.64. The largest absolute Gasteiger partial charge is 0.483 e. The summed E-state index contributed by atoms with van der Waals surface area (Å²) in [6, 6.07) is 10.9. The van der Waals surface area contributed by atoms with Crippen LogP contribution in [0.4, 0.5) is 10.1 Å². The number of para-hydroxylation sites is 1. The van der Waals surface area contributed by atoms with Crippen molar-refractivity contribution in [2.45, 2.75) is 18.3 Å². The van der Waals surface area contributed by atoms with Gasteiger partial charge in [0.2, 0.25) is 5.91 Å². The van der Waals surface area contributed by atoms with Crippen molar-refractivity contribution in [3.05, 3.63) is 88.5 Å². The molecule has 0 aliphatic carbocycles. The average molecular weight is 486 g/mol. The second-order valence-corrected chi connectivity index (χ2v) is 7.55. The lowest BCUT2D eigenvalue weighted by Gasteiger charge is -2.10. The summed E-state index contributed by atoms with van der Waals surface area (Å²) in [5.74, 6) is -1.25. The lowest BCUT2D eigenvalue weighted by atomic mass is 10.2. The van der Waals surface area contributed by atoms with Crippen LogP contribution in [0.1, 0.15) is 16.2 Å². The normalized spacial score (nSPS) is 10.4. The third-order valence-corrected chi connectivity index (χ3v) is 5.25. The quantitative estimate of drug-likeness (QED) is 0.193. The van der Waals surface area contributed by atoms with Crippen molar-refractivity contribution in [2.75, 3.05) is 5.75 Å². The number of hydrogen-bond acceptors (Lipinski definition) is 8. The molecule has 0 aliphatic heterocycles. The van der Waals surface area contributed by atoms with Crippen LogP contribution in [0.15, 0.2) is 66.3 Å². The van der Waals surface area contributed by atoms with Crippen LogP contribution in [0.5, 0.6) is 5.75 Å². The fourth-order valence-electron chi connectivity index (χ4n) is 2.65. The second-order valence-electron chi connectivity index (χ2n) is 6.61. The van der Waals surface area contributed by atoms with Crippen molar-refractivity contribution in [2.24, 2.45) is 0 Å². The molecule has 1 aromatic heterocycles. The number of carbonyl (C=O) groups is 2. The highest BCUT2D eigenvalue weighted by atomic mass is 32.2. The van der Waals surface area contributed by atoms with E-state index in [1.807, 2.05) is 0 Å². The Morgan fingerprint density at radius 1 is 1.18 bits per heavy atom. The highest BCUT2D eigenvalue weighted by Crippen LogP contribution is 2.20. The lowest BCUT2D eigenvalue weighted by molar-refractivity contribution is -0.384. The molecule has 2 N–H and O–H groups in total. The van der Waals surface area contributed by atoms with E-state index < -0.39 is 22.6 Å². The molecule has 1 heterocycles. The third-order valence-electron chi connectivity index (χ3n) is 4.29. The molecule has 176 valence electrons. The van der Waals surface area contributed by atoms with E-state index in [0.29, 0.717) is 17.5 Å². The van der Waals surface area contributed by atoms with Gasteiger partial charge in [0.25, 0.3) is 11.6 Å². The summed E-state index contributed by atoms with van der Waals surface area (Å²) in [6.45, 7) is 3.98. The average Bonchev–Trinajstić information content (AvgIpc) is 3.22. The fraction of sp³-hybridized carbons (Fsp3) is 0.143. The van der Waals surface area contributed by atoms with E-state index in [0.717, 1.165) is 11.8 Å². The van der Waals surface area contributed by atoms with Crippen molar-refractivity contribution in [1.29, 1.82) is 0 Å². The Balaban J connectivity index is 1.53. The summed E-state index contributed by atoms with van der Waals surface area (Å²) >= 11 is 1.07. The van der Waals surface area contributed by atoms with Gasteiger partial charge in [-0.2, -0.15) is 0 Å². The van der Waals surface area contributed by atoms with Crippen LogP contribution < -0.4 is 15.6 Å². The number of halogens is 1. The number of aromatic nitrogens is 3. The SMILES string of the molecule is C=CCn1c(COc2ccccc2F)nnc1SCC(=O)NNC(=O)c1ccc([N+](=O)[O-])cc1. The summed E-state index contributed by atoms with van der Waals surface area (Å²) in [5, 5.41) is 19.2. The van der Waals surface area contributed by atoms with Gasteiger partial charge in [0, 0.05) is 24.2 Å². The molecule has 2 aromatic carbocycles. The van der Waals surface area contributed by atoms with Gasteiger partial charge in [0.05, 0.1) is 10.7 Å². The minimum absolute atomic E-state index is 0.0418. The first kappa shape index (κ1) is 24.4. The first-order valence-corrected chi connectivity index (χ1v) is 10.7. The van der Waals surface area contributed by atoms with Gasteiger partial charge in [0.1, 0.15) is 6.61 Å². The first-order chi connectivity index (χ1) is 16.4. The number of nitrogens with zero attached hydrogens (tertiary/aromatic N) is 4. The Labute approximate surface area is 197 Å². The highest BCUT2D eigenvalue weighted by molar-refractivity contribution is 7.99. The van der Waals surface area contributed by atoms with Crippen molar-refractivity contribution in [3.8, 4) is 5.75 Å². The van der Waals surface area contributed by atoms with E-state index in [1.54, 1.807) is 22.8 Å². The molecular formula is C21H19FN6O5S. The van der Waals surface area contributed by atoms with E-state index in [1.165, 1.54) is 36.4 Å². The first-order valence-electron chi connectivity index (χ1n) is 9.75. The Hall–Kier alpha value is -4.26. The number of rotatable bonds is 10. The number of carbonyl (C=O) groups excluding carboxylic acids is 2. The van der Waals surface area contributed by atoms with Crippen LogP contribution in [0.2, 0.25) is 0 Å². The molecule has 0 spiro atoms. The number of hydrogen-bond donors (Lipinski definition) is 2. The zero-order valence-electron chi connectivity index (χ0n) is 17.6. The van der Waals surface area contributed by atoms with Gasteiger partial charge in [-0.05, 0) is 24.3 Å². The van der Waals surface area contributed by atoms with E-state index in [-0.39, 0.29) is 29.4 Å². The molecule has 0 unspecified atom stereocenters. The number of ether oxygens (including phenoxy) is 1. The second kappa shape index (κ2) is 11.6. The molecular weight excluding hydrogens is 467 g/mol. The van der Waals surface area contributed by atoms with E-state index in [2.05, 4.69) is 27.6 Å². The molecule has 3 aromatic rings. The predicted molar refractivity (Wildman–Crippen MR) is 120 cm³/mol. The summed E-state index contributed by atoms with van der Waals surface area (Å²) in [7, 11) is 0. The summed E-state index contributed by atoms with van der Waals surface area (Å²) < 4.78 is 20.9. The lowest BCUT2D eigenvalue weighted by Crippen LogP contribution is -2.42. The van der Waals surface area contributed by atoms with Crippen molar-refractivity contribution < 1.29 is 23.6 Å². The van der Waals surface area contributed by atoms with E-state index >= 15 is 0 Å². The van der Waals surface area contributed by atoms with Crippen molar-refractivity contribution in [3.63, 3.8) is 0 Å². The number of nitro benzene ring substituents is 1. The smallest absolute Gasteiger partial charge is 0.269 e. The Morgan fingerprint density at radius 2 is 1.91 bits per heavy atom. The molecule has 0 radical (unpaired) electrons. The van der Waals surface area contributed by atoms with Gasteiger partial charge in [-0.1, -0.05) is 30.0 Å². The topological polar surface area (TPSA) is 141 Å². The van der Waals surface area contributed by atoms with Crippen LogP contribution in [0.25, 0.3) is 0 Å². The van der Waals surface area contributed by atoms with Gasteiger partial charge < -0.3 is 4.74 Å². The van der Waals surface area contributed by atoms with Crippen LogP contribution >= 0.6 is 11.8 Å². The number of nitro groups is 1. The molecule has 13 heteroatoms. The van der Waals surface area contributed by atoms with Gasteiger partial charge in [-0.15, -0.1) is 16.8 Å². The standard InChI is InChI=1S/C21H19FN6O5S/c1-2-11-27-18(12-33-17-6-4-3-5-16(17)22)23-26-21(27)34-13-19(29)24-25-20(30)14-7-9-15(10-8-14)28(31)32/h2-10H,1,11-13H2,(H,24,29)(H,25,30). The molecule has 0 aliphatic rings.